The van der Waals surface area contributed by atoms with Gasteiger partial charge in [-0.2, -0.15) is 0 Å². The number of benzene rings is 1. The Labute approximate surface area is 120 Å². The van der Waals surface area contributed by atoms with Gasteiger partial charge in [0.25, 0.3) is 0 Å². The normalized spacial score (nSPS) is 13.6. The van der Waals surface area contributed by atoms with E-state index in [0.717, 1.165) is 0 Å². The zero-order valence-electron chi connectivity index (χ0n) is 12.3. The van der Waals surface area contributed by atoms with E-state index in [1.165, 1.54) is 14.2 Å². The lowest BCUT2D eigenvalue weighted by Gasteiger charge is -2.26. The molecule has 0 saturated heterocycles. The maximum Gasteiger partial charge on any atom is 0.200 e. The van der Waals surface area contributed by atoms with Crippen LogP contribution in [-0.4, -0.2) is 19.8 Å². The molecule has 120 valence electrons. The summed E-state index contributed by atoms with van der Waals surface area (Å²) in [5.41, 5.74) is -1.42. The predicted octanol–water partition coefficient (Wildman–Crippen LogP) is 3.85. The minimum atomic E-state index is -2.15. The molecule has 0 saturated carbocycles. The summed E-state index contributed by atoms with van der Waals surface area (Å²) in [4.78, 5) is 0. The van der Waals surface area contributed by atoms with Crippen molar-refractivity contribution in [1.82, 2.24) is 5.32 Å². The molecule has 2 nitrogen and oxygen atoms in total. The fourth-order valence-electron chi connectivity index (χ4n) is 1.95. The van der Waals surface area contributed by atoms with E-state index >= 15 is 0 Å². The van der Waals surface area contributed by atoms with E-state index in [0.29, 0.717) is 6.42 Å². The summed E-state index contributed by atoms with van der Waals surface area (Å²) in [6, 6.07) is -1.01. The van der Waals surface area contributed by atoms with Crippen LogP contribution in [0.2, 0.25) is 0 Å². The van der Waals surface area contributed by atoms with Crippen molar-refractivity contribution in [2.75, 3.05) is 14.2 Å². The highest BCUT2D eigenvalue weighted by Gasteiger charge is 2.30. The standard InChI is InChI=1S/C14H18F5NO/c1-14(2,21-4)6-5-7(20-3)8-9(15)11(17)13(19)12(18)10(8)16/h7,20H,5-6H2,1-4H3. The van der Waals surface area contributed by atoms with E-state index in [1.54, 1.807) is 13.8 Å². The molecule has 0 bridgehead atoms. The molecule has 21 heavy (non-hydrogen) atoms. The number of hydrogen-bond donors (Lipinski definition) is 1. The molecule has 1 aromatic carbocycles. The van der Waals surface area contributed by atoms with Crippen LogP contribution in [0, 0.1) is 29.1 Å². The Morgan fingerprint density at radius 1 is 0.952 bits per heavy atom. The van der Waals surface area contributed by atoms with Gasteiger partial charge in [0.15, 0.2) is 23.3 Å². The van der Waals surface area contributed by atoms with Crippen LogP contribution in [0.3, 0.4) is 0 Å². The fourth-order valence-corrected chi connectivity index (χ4v) is 1.95. The first-order valence-corrected chi connectivity index (χ1v) is 6.40. The minimum Gasteiger partial charge on any atom is -0.379 e. The number of hydrogen-bond acceptors (Lipinski definition) is 2. The van der Waals surface area contributed by atoms with Crippen LogP contribution in [-0.2, 0) is 4.74 Å². The summed E-state index contributed by atoms with van der Waals surface area (Å²) < 4.78 is 72.1. The largest absolute Gasteiger partial charge is 0.379 e. The van der Waals surface area contributed by atoms with Crippen LogP contribution in [0.25, 0.3) is 0 Å². The molecule has 0 aromatic heterocycles. The summed E-state index contributed by atoms with van der Waals surface area (Å²) in [5.74, 6) is -9.63. The van der Waals surface area contributed by atoms with E-state index in [4.69, 9.17) is 4.74 Å². The number of nitrogens with one attached hydrogen (secondary N) is 1. The molecular weight excluding hydrogens is 293 g/mol. The molecule has 0 aliphatic heterocycles. The second-order valence-electron chi connectivity index (χ2n) is 5.33. The fraction of sp³-hybridized carbons (Fsp3) is 0.571. The summed E-state index contributed by atoms with van der Waals surface area (Å²) in [6.45, 7) is 3.52. The maximum absolute atomic E-state index is 13.7. The third kappa shape index (κ3) is 3.71. The van der Waals surface area contributed by atoms with E-state index in [9.17, 15) is 22.0 Å². The summed E-state index contributed by atoms with van der Waals surface area (Å²) in [6.07, 6.45) is 0.518. The quantitative estimate of drug-likeness (QED) is 0.489. The van der Waals surface area contributed by atoms with Gasteiger partial charge in [-0.05, 0) is 33.7 Å². The third-order valence-corrected chi connectivity index (χ3v) is 3.53. The topological polar surface area (TPSA) is 21.3 Å². The van der Waals surface area contributed by atoms with E-state index in [2.05, 4.69) is 5.32 Å². The molecule has 1 aromatic rings. The molecule has 1 unspecified atom stereocenters. The average Bonchev–Trinajstić information content (AvgIpc) is 2.46. The predicted molar refractivity (Wildman–Crippen MR) is 68.4 cm³/mol. The molecule has 0 amide bonds. The number of methoxy groups -OCH3 is 1. The molecule has 7 heteroatoms. The molecule has 0 spiro atoms. The molecule has 1 rings (SSSR count). The van der Waals surface area contributed by atoms with Crippen molar-refractivity contribution >= 4 is 0 Å². The molecule has 0 aliphatic carbocycles. The highest BCUT2D eigenvalue weighted by molar-refractivity contribution is 5.27. The Bertz CT molecular complexity index is 490. The minimum absolute atomic E-state index is 0.149. The van der Waals surface area contributed by atoms with Crippen LogP contribution >= 0.6 is 0 Å². The van der Waals surface area contributed by atoms with Crippen molar-refractivity contribution in [2.24, 2.45) is 0 Å². The average molecular weight is 311 g/mol. The van der Waals surface area contributed by atoms with Gasteiger partial charge in [-0.1, -0.05) is 0 Å². The molecular formula is C14H18F5NO. The van der Waals surface area contributed by atoms with Crippen LogP contribution in [0.4, 0.5) is 22.0 Å². The first kappa shape index (κ1) is 17.8. The summed E-state index contributed by atoms with van der Waals surface area (Å²) in [7, 11) is 2.87. The summed E-state index contributed by atoms with van der Waals surface area (Å²) in [5, 5.41) is 2.58. The van der Waals surface area contributed by atoms with E-state index < -0.39 is 46.3 Å². The highest BCUT2D eigenvalue weighted by Crippen LogP contribution is 2.31. The van der Waals surface area contributed by atoms with Gasteiger partial charge in [-0.25, -0.2) is 22.0 Å². The van der Waals surface area contributed by atoms with Crippen molar-refractivity contribution in [3.63, 3.8) is 0 Å². The maximum atomic E-state index is 13.7. The smallest absolute Gasteiger partial charge is 0.200 e. The zero-order valence-corrected chi connectivity index (χ0v) is 12.3. The van der Waals surface area contributed by atoms with Gasteiger partial charge in [-0.15, -0.1) is 0 Å². The van der Waals surface area contributed by atoms with Gasteiger partial charge in [0, 0.05) is 18.7 Å². The molecule has 1 N–H and O–H groups in total. The van der Waals surface area contributed by atoms with Gasteiger partial charge in [0.05, 0.1) is 5.60 Å². The molecule has 0 radical (unpaired) electrons. The van der Waals surface area contributed by atoms with Crippen LogP contribution in [0.15, 0.2) is 0 Å². The molecule has 1 atom stereocenters. The van der Waals surface area contributed by atoms with Gasteiger partial charge < -0.3 is 10.1 Å². The SMILES string of the molecule is CNC(CCC(C)(C)OC)c1c(F)c(F)c(F)c(F)c1F. The number of rotatable bonds is 6. The van der Waals surface area contributed by atoms with Crippen molar-refractivity contribution in [1.29, 1.82) is 0 Å². The van der Waals surface area contributed by atoms with E-state index in [-0.39, 0.29) is 6.42 Å². The van der Waals surface area contributed by atoms with Gasteiger partial charge in [0.2, 0.25) is 5.82 Å². The Morgan fingerprint density at radius 3 is 1.76 bits per heavy atom. The lowest BCUT2D eigenvalue weighted by Crippen LogP contribution is -2.27. The van der Waals surface area contributed by atoms with Crippen molar-refractivity contribution < 1.29 is 26.7 Å². The van der Waals surface area contributed by atoms with Gasteiger partial charge in [0.1, 0.15) is 0 Å². The molecule has 0 aliphatic rings. The lowest BCUT2D eigenvalue weighted by atomic mass is 9.94. The lowest BCUT2D eigenvalue weighted by molar-refractivity contribution is 0.0116. The van der Waals surface area contributed by atoms with Crippen LogP contribution in [0.5, 0.6) is 0 Å². The zero-order chi connectivity index (χ0) is 16.4. The van der Waals surface area contributed by atoms with Crippen molar-refractivity contribution in [3.8, 4) is 0 Å². The Balaban J connectivity index is 3.18. The highest BCUT2D eigenvalue weighted by atomic mass is 19.2. The number of halogens is 5. The monoisotopic (exact) mass is 311 g/mol. The molecule has 0 fully saturated rings. The second kappa shape index (κ2) is 6.70. The van der Waals surface area contributed by atoms with Crippen LogP contribution in [0.1, 0.15) is 38.3 Å². The first-order chi connectivity index (χ1) is 9.66. The van der Waals surface area contributed by atoms with Crippen LogP contribution < -0.4 is 5.32 Å². The number of ether oxygens (including phenoxy) is 1. The second-order valence-corrected chi connectivity index (χ2v) is 5.33. The van der Waals surface area contributed by atoms with Gasteiger partial charge >= 0.3 is 0 Å². The van der Waals surface area contributed by atoms with Crippen molar-refractivity contribution in [2.45, 2.75) is 38.3 Å². The Morgan fingerprint density at radius 2 is 1.38 bits per heavy atom. The Kier molecular flexibility index (Phi) is 5.69. The van der Waals surface area contributed by atoms with Gasteiger partial charge in [-0.3, -0.25) is 0 Å². The molecule has 0 heterocycles. The third-order valence-electron chi connectivity index (χ3n) is 3.53. The van der Waals surface area contributed by atoms with E-state index in [1.807, 2.05) is 0 Å². The summed E-state index contributed by atoms with van der Waals surface area (Å²) >= 11 is 0. The van der Waals surface area contributed by atoms with Crippen molar-refractivity contribution in [3.05, 3.63) is 34.6 Å². The Hall–Kier alpha value is -1.21. The first-order valence-electron chi connectivity index (χ1n) is 6.40.